The Labute approximate surface area is 92.2 Å². The SMILES string of the molecule is O=C(O)CCc1cc2c(cc1O)OCCO2. The molecular weight excluding hydrogens is 212 g/mol. The standard InChI is InChI=1S/C11H12O5/c12-8-6-10-9(15-3-4-16-10)5-7(8)1-2-11(13)14/h5-6,12H,1-4H2,(H,13,14). The van der Waals surface area contributed by atoms with Gasteiger partial charge in [0.25, 0.3) is 0 Å². The van der Waals surface area contributed by atoms with E-state index in [1.165, 1.54) is 6.07 Å². The molecule has 5 heteroatoms. The Morgan fingerprint density at radius 3 is 2.50 bits per heavy atom. The summed E-state index contributed by atoms with van der Waals surface area (Å²) in [5, 5.41) is 18.2. The number of fused-ring (bicyclic) bond motifs is 1. The van der Waals surface area contributed by atoms with Crippen LogP contribution < -0.4 is 9.47 Å². The zero-order valence-corrected chi connectivity index (χ0v) is 8.60. The van der Waals surface area contributed by atoms with Crippen LogP contribution in [0.4, 0.5) is 0 Å². The van der Waals surface area contributed by atoms with Gasteiger partial charge < -0.3 is 19.7 Å². The molecule has 1 aliphatic rings. The van der Waals surface area contributed by atoms with E-state index < -0.39 is 5.97 Å². The van der Waals surface area contributed by atoms with Crippen molar-refractivity contribution in [3.05, 3.63) is 17.7 Å². The van der Waals surface area contributed by atoms with Gasteiger partial charge in [0.2, 0.25) is 0 Å². The highest BCUT2D eigenvalue weighted by Gasteiger charge is 2.15. The molecule has 0 fully saturated rings. The fourth-order valence-corrected chi connectivity index (χ4v) is 1.56. The molecule has 0 bridgehead atoms. The zero-order valence-electron chi connectivity index (χ0n) is 8.60. The second kappa shape index (κ2) is 4.30. The Hall–Kier alpha value is -1.91. The predicted molar refractivity (Wildman–Crippen MR) is 55.1 cm³/mol. The molecule has 0 atom stereocenters. The van der Waals surface area contributed by atoms with Crippen molar-refractivity contribution in [3.63, 3.8) is 0 Å². The lowest BCUT2D eigenvalue weighted by atomic mass is 10.1. The van der Waals surface area contributed by atoms with Gasteiger partial charge in [-0.05, 0) is 18.1 Å². The van der Waals surface area contributed by atoms with Crippen LogP contribution >= 0.6 is 0 Å². The number of phenolic OH excluding ortho intramolecular Hbond substituents is 1. The molecule has 2 N–H and O–H groups in total. The van der Waals surface area contributed by atoms with Crippen LogP contribution in [0.2, 0.25) is 0 Å². The number of rotatable bonds is 3. The highest BCUT2D eigenvalue weighted by Crippen LogP contribution is 2.36. The Balaban J connectivity index is 2.21. The van der Waals surface area contributed by atoms with Gasteiger partial charge in [-0.3, -0.25) is 4.79 Å². The van der Waals surface area contributed by atoms with Gasteiger partial charge in [0.15, 0.2) is 11.5 Å². The summed E-state index contributed by atoms with van der Waals surface area (Å²) in [6.07, 6.45) is 0.255. The minimum absolute atomic E-state index is 0.0206. The number of carbonyl (C=O) groups is 1. The number of ether oxygens (including phenoxy) is 2. The van der Waals surface area contributed by atoms with Crippen molar-refractivity contribution in [1.82, 2.24) is 0 Å². The normalized spacial score (nSPS) is 13.5. The molecule has 0 spiro atoms. The zero-order chi connectivity index (χ0) is 11.5. The molecule has 0 saturated carbocycles. The topological polar surface area (TPSA) is 76.0 Å². The molecule has 0 aromatic heterocycles. The van der Waals surface area contributed by atoms with Crippen molar-refractivity contribution in [2.75, 3.05) is 13.2 Å². The molecule has 2 rings (SSSR count). The first-order valence-electron chi connectivity index (χ1n) is 5.00. The largest absolute Gasteiger partial charge is 0.508 e. The van der Waals surface area contributed by atoms with Gasteiger partial charge >= 0.3 is 5.97 Å². The maximum absolute atomic E-state index is 10.4. The van der Waals surface area contributed by atoms with Crippen LogP contribution in [0.1, 0.15) is 12.0 Å². The number of aryl methyl sites for hydroxylation is 1. The van der Waals surface area contributed by atoms with E-state index >= 15 is 0 Å². The maximum atomic E-state index is 10.4. The molecule has 5 nitrogen and oxygen atoms in total. The fraction of sp³-hybridized carbons (Fsp3) is 0.364. The Morgan fingerprint density at radius 1 is 1.25 bits per heavy atom. The first-order valence-corrected chi connectivity index (χ1v) is 5.00. The lowest BCUT2D eigenvalue weighted by Crippen LogP contribution is -2.15. The maximum Gasteiger partial charge on any atom is 0.303 e. The van der Waals surface area contributed by atoms with Gasteiger partial charge in [0.1, 0.15) is 19.0 Å². The van der Waals surface area contributed by atoms with Gasteiger partial charge in [0.05, 0.1) is 0 Å². The van der Waals surface area contributed by atoms with E-state index in [1.807, 2.05) is 0 Å². The molecule has 0 saturated heterocycles. The van der Waals surface area contributed by atoms with Crippen molar-refractivity contribution >= 4 is 5.97 Å². The molecular formula is C11H12O5. The third-order valence-electron chi connectivity index (χ3n) is 2.35. The number of aromatic hydroxyl groups is 1. The van der Waals surface area contributed by atoms with Crippen molar-refractivity contribution in [3.8, 4) is 17.2 Å². The van der Waals surface area contributed by atoms with Gasteiger partial charge in [-0.15, -0.1) is 0 Å². The van der Waals surface area contributed by atoms with Gasteiger partial charge in [-0.1, -0.05) is 0 Å². The van der Waals surface area contributed by atoms with Crippen LogP contribution in [0, 0.1) is 0 Å². The first kappa shape index (κ1) is 10.6. The van der Waals surface area contributed by atoms with Crippen LogP contribution in [0.15, 0.2) is 12.1 Å². The minimum atomic E-state index is -0.894. The molecule has 0 aliphatic carbocycles. The number of hydrogen-bond donors (Lipinski definition) is 2. The van der Waals surface area contributed by atoms with Crippen LogP contribution in [0.3, 0.4) is 0 Å². The third-order valence-corrected chi connectivity index (χ3v) is 2.35. The summed E-state index contributed by atoms with van der Waals surface area (Å²) in [6.45, 7) is 0.928. The van der Waals surface area contributed by atoms with E-state index in [0.717, 1.165) is 0 Å². The van der Waals surface area contributed by atoms with Crippen LogP contribution in [0.5, 0.6) is 17.2 Å². The summed E-state index contributed by atoms with van der Waals surface area (Å²) < 4.78 is 10.6. The fourth-order valence-electron chi connectivity index (χ4n) is 1.56. The predicted octanol–water partition coefficient (Wildman–Crippen LogP) is 1.18. The molecule has 0 unspecified atom stereocenters. The summed E-state index contributed by atoms with van der Waals surface area (Å²) in [6, 6.07) is 3.10. The van der Waals surface area contributed by atoms with Crippen molar-refractivity contribution < 1.29 is 24.5 Å². The van der Waals surface area contributed by atoms with Crippen LogP contribution in [-0.4, -0.2) is 29.4 Å². The van der Waals surface area contributed by atoms with E-state index in [4.69, 9.17) is 14.6 Å². The first-order chi connectivity index (χ1) is 7.66. The summed E-state index contributed by atoms with van der Waals surface area (Å²) >= 11 is 0. The average Bonchev–Trinajstić information content (AvgIpc) is 2.26. The second-order valence-corrected chi connectivity index (χ2v) is 3.52. The smallest absolute Gasteiger partial charge is 0.303 e. The van der Waals surface area contributed by atoms with Crippen LogP contribution in [-0.2, 0) is 11.2 Å². The molecule has 1 aliphatic heterocycles. The second-order valence-electron chi connectivity index (χ2n) is 3.52. The molecule has 0 radical (unpaired) electrons. The monoisotopic (exact) mass is 224 g/mol. The van der Waals surface area contributed by atoms with E-state index in [0.29, 0.717) is 30.3 Å². The molecule has 1 aromatic carbocycles. The van der Waals surface area contributed by atoms with Gasteiger partial charge in [-0.2, -0.15) is 0 Å². The van der Waals surface area contributed by atoms with Crippen molar-refractivity contribution in [1.29, 1.82) is 0 Å². The number of carboxylic acids is 1. The number of aliphatic carboxylic acids is 1. The third kappa shape index (κ3) is 2.18. The van der Waals surface area contributed by atoms with E-state index in [9.17, 15) is 9.90 Å². The lowest BCUT2D eigenvalue weighted by molar-refractivity contribution is -0.136. The Kier molecular flexibility index (Phi) is 2.85. The van der Waals surface area contributed by atoms with Gasteiger partial charge in [0, 0.05) is 12.5 Å². The summed E-state index contributed by atoms with van der Waals surface area (Å²) in [5.74, 6) is 0.215. The highest BCUT2D eigenvalue weighted by atomic mass is 16.6. The molecule has 1 aromatic rings. The van der Waals surface area contributed by atoms with E-state index in [1.54, 1.807) is 6.07 Å². The average molecular weight is 224 g/mol. The Bertz CT molecular complexity index is 413. The Morgan fingerprint density at radius 2 is 1.88 bits per heavy atom. The van der Waals surface area contributed by atoms with E-state index in [2.05, 4.69) is 0 Å². The summed E-state index contributed by atoms with van der Waals surface area (Å²) in [5.41, 5.74) is 0.562. The number of benzene rings is 1. The van der Waals surface area contributed by atoms with E-state index in [-0.39, 0.29) is 18.6 Å². The summed E-state index contributed by atoms with van der Waals surface area (Å²) in [4.78, 5) is 10.4. The molecule has 0 amide bonds. The number of hydrogen-bond acceptors (Lipinski definition) is 4. The molecule has 1 heterocycles. The number of carboxylic acid groups (broad SMARTS) is 1. The minimum Gasteiger partial charge on any atom is -0.508 e. The quantitative estimate of drug-likeness (QED) is 0.806. The van der Waals surface area contributed by atoms with Crippen molar-refractivity contribution in [2.24, 2.45) is 0 Å². The highest BCUT2D eigenvalue weighted by molar-refractivity contribution is 5.67. The van der Waals surface area contributed by atoms with Gasteiger partial charge in [-0.25, -0.2) is 0 Å². The molecule has 86 valence electrons. The molecule has 16 heavy (non-hydrogen) atoms. The van der Waals surface area contributed by atoms with Crippen LogP contribution in [0.25, 0.3) is 0 Å². The summed E-state index contributed by atoms with van der Waals surface area (Å²) in [7, 11) is 0. The van der Waals surface area contributed by atoms with Crippen molar-refractivity contribution in [2.45, 2.75) is 12.8 Å². The lowest BCUT2D eigenvalue weighted by Gasteiger charge is -2.19. The number of phenols is 1.